The third-order valence-electron chi connectivity index (χ3n) is 1.47. The molecule has 0 amide bonds. The molecule has 0 atom stereocenters. The summed E-state index contributed by atoms with van der Waals surface area (Å²) in [7, 11) is -2.91. The van der Waals surface area contributed by atoms with E-state index in [1.54, 1.807) is 0 Å². The van der Waals surface area contributed by atoms with Crippen molar-refractivity contribution in [1.82, 2.24) is 0 Å². The summed E-state index contributed by atoms with van der Waals surface area (Å²) < 4.78 is 22.4. The second kappa shape index (κ2) is 5.48. The lowest BCUT2D eigenvalue weighted by Gasteiger charge is -2.01. The van der Waals surface area contributed by atoms with Crippen LogP contribution in [-0.2, 0) is 9.84 Å². The topological polar surface area (TPSA) is 60.2 Å². The van der Waals surface area contributed by atoms with Gasteiger partial charge >= 0.3 is 0 Å². The normalized spacial score (nSPS) is 11.4. The summed E-state index contributed by atoms with van der Waals surface area (Å²) >= 11 is 4.59. The zero-order valence-electron chi connectivity index (χ0n) is 7.25. The average Bonchev–Trinajstić information content (AvgIpc) is 1.98. The maximum Gasteiger partial charge on any atom is 0.150 e. The molecule has 0 aromatic carbocycles. The zero-order valence-corrected chi connectivity index (χ0v) is 8.88. The molecule has 0 bridgehead atoms. The first-order chi connectivity index (χ1) is 5.48. The summed E-state index contributed by atoms with van der Waals surface area (Å²) in [4.78, 5) is 0.273. The van der Waals surface area contributed by atoms with Gasteiger partial charge in [-0.1, -0.05) is 25.6 Å². The van der Waals surface area contributed by atoms with Gasteiger partial charge in [0.2, 0.25) is 0 Å². The van der Waals surface area contributed by atoms with Crippen LogP contribution in [0.3, 0.4) is 0 Å². The van der Waals surface area contributed by atoms with Crippen molar-refractivity contribution in [3.05, 3.63) is 0 Å². The quantitative estimate of drug-likeness (QED) is 0.660. The van der Waals surface area contributed by atoms with Crippen LogP contribution in [0, 0.1) is 0 Å². The number of hydrogen-bond acceptors (Lipinski definition) is 3. The molecule has 0 saturated carbocycles. The zero-order chi connectivity index (χ0) is 9.61. The molecule has 0 radical (unpaired) electrons. The molecule has 2 N–H and O–H groups in total. The second-order valence-electron chi connectivity index (χ2n) is 2.72. The van der Waals surface area contributed by atoms with Gasteiger partial charge in [0.05, 0.1) is 16.5 Å². The molecule has 72 valence electrons. The van der Waals surface area contributed by atoms with Crippen LogP contribution >= 0.6 is 12.2 Å². The first kappa shape index (κ1) is 11.8. The summed E-state index contributed by atoms with van der Waals surface area (Å²) in [6.45, 7) is 1.96. The molecule has 0 aliphatic heterocycles. The molecule has 12 heavy (non-hydrogen) atoms. The largest absolute Gasteiger partial charge is 0.393 e. The molecule has 0 spiro atoms. The third-order valence-corrected chi connectivity index (χ3v) is 3.41. The van der Waals surface area contributed by atoms with E-state index in [1.807, 2.05) is 6.92 Å². The van der Waals surface area contributed by atoms with Crippen LogP contribution in [0.2, 0.25) is 0 Å². The van der Waals surface area contributed by atoms with Crippen molar-refractivity contribution in [2.45, 2.75) is 26.2 Å². The SMILES string of the molecule is CCCCS(=O)(=O)CCC(N)=S. The van der Waals surface area contributed by atoms with Crippen molar-refractivity contribution in [3.8, 4) is 0 Å². The number of rotatable bonds is 6. The molecular formula is C7H15NO2S2. The van der Waals surface area contributed by atoms with Gasteiger partial charge in [-0.25, -0.2) is 8.42 Å². The number of sulfone groups is 1. The van der Waals surface area contributed by atoms with Crippen molar-refractivity contribution in [2.75, 3.05) is 11.5 Å². The van der Waals surface area contributed by atoms with E-state index in [9.17, 15) is 8.42 Å². The number of thiocarbonyl (C=S) groups is 1. The molecule has 0 saturated heterocycles. The van der Waals surface area contributed by atoms with E-state index in [4.69, 9.17) is 5.73 Å². The highest BCUT2D eigenvalue weighted by atomic mass is 32.2. The van der Waals surface area contributed by atoms with E-state index >= 15 is 0 Å². The Balaban J connectivity index is 3.80. The number of hydrogen-bond donors (Lipinski definition) is 1. The molecule has 0 aliphatic carbocycles. The van der Waals surface area contributed by atoms with Gasteiger partial charge < -0.3 is 5.73 Å². The van der Waals surface area contributed by atoms with Crippen molar-refractivity contribution < 1.29 is 8.42 Å². The molecule has 3 nitrogen and oxygen atoms in total. The van der Waals surface area contributed by atoms with E-state index in [2.05, 4.69) is 12.2 Å². The molecule has 5 heteroatoms. The first-order valence-electron chi connectivity index (χ1n) is 3.96. The lowest BCUT2D eigenvalue weighted by molar-refractivity contribution is 0.593. The van der Waals surface area contributed by atoms with Gasteiger partial charge in [-0.2, -0.15) is 0 Å². The van der Waals surface area contributed by atoms with Gasteiger partial charge in [0, 0.05) is 6.42 Å². The monoisotopic (exact) mass is 209 g/mol. The van der Waals surface area contributed by atoms with Crippen molar-refractivity contribution in [1.29, 1.82) is 0 Å². The minimum Gasteiger partial charge on any atom is -0.393 e. The summed E-state index contributed by atoms with van der Waals surface area (Å²) in [5.74, 6) is 0.356. The summed E-state index contributed by atoms with van der Waals surface area (Å²) in [6.07, 6.45) is 1.92. The molecule has 0 aromatic heterocycles. The van der Waals surface area contributed by atoms with Crippen LogP contribution in [0.25, 0.3) is 0 Å². The maximum atomic E-state index is 11.2. The van der Waals surface area contributed by atoms with Crippen LogP contribution in [-0.4, -0.2) is 24.9 Å². The predicted molar refractivity (Wildman–Crippen MR) is 55.0 cm³/mol. The first-order valence-corrected chi connectivity index (χ1v) is 6.19. The van der Waals surface area contributed by atoms with Crippen LogP contribution in [0.15, 0.2) is 0 Å². The van der Waals surface area contributed by atoms with Gasteiger partial charge in [-0.05, 0) is 6.42 Å². The highest BCUT2D eigenvalue weighted by molar-refractivity contribution is 7.91. The van der Waals surface area contributed by atoms with Crippen LogP contribution in [0.1, 0.15) is 26.2 Å². The smallest absolute Gasteiger partial charge is 0.150 e. The molecule has 0 fully saturated rings. The van der Waals surface area contributed by atoms with Gasteiger partial charge in [0.25, 0.3) is 0 Å². The predicted octanol–water partition coefficient (Wildman–Crippen LogP) is 0.878. The minimum atomic E-state index is -2.91. The minimum absolute atomic E-state index is 0.0995. The third kappa shape index (κ3) is 6.54. The molecule has 0 aliphatic rings. The van der Waals surface area contributed by atoms with Crippen molar-refractivity contribution in [2.24, 2.45) is 5.73 Å². The Kier molecular flexibility index (Phi) is 5.41. The van der Waals surface area contributed by atoms with Crippen LogP contribution < -0.4 is 5.73 Å². The Morgan fingerprint density at radius 3 is 2.42 bits per heavy atom. The lowest BCUT2D eigenvalue weighted by atomic mass is 10.4. The molecule has 0 rings (SSSR count). The van der Waals surface area contributed by atoms with Crippen LogP contribution in [0.5, 0.6) is 0 Å². The van der Waals surface area contributed by atoms with E-state index in [-0.39, 0.29) is 16.5 Å². The fourth-order valence-electron chi connectivity index (χ4n) is 0.722. The lowest BCUT2D eigenvalue weighted by Crippen LogP contribution is -2.17. The summed E-state index contributed by atoms with van der Waals surface area (Å²) in [5.41, 5.74) is 5.20. The van der Waals surface area contributed by atoms with Crippen LogP contribution in [0.4, 0.5) is 0 Å². The molecular weight excluding hydrogens is 194 g/mol. The standard InChI is InChI=1S/C7H15NO2S2/c1-2-3-5-12(9,10)6-4-7(8)11/h2-6H2,1H3,(H2,8,11). The highest BCUT2D eigenvalue weighted by Crippen LogP contribution is 1.99. The van der Waals surface area contributed by atoms with E-state index in [0.29, 0.717) is 6.42 Å². The number of unbranched alkanes of at least 4 members (excludes halogenated alkanes) is 1. The Bertz CT molecular complexity index is 234. The average molecular weight is 209 g/mol. The van der Waals surface area contributed by atoms with Gasteiger partial charge in [-0.15, -0.1) is 0 Å². The Labute approximate surface area is 79.3 Å². The maximum absolute atomic E-state index is 11.2. The Morgan fingerprint density at radius 1 is 1.42 bits per heavy atom. The van der Waals surface area contributed by atoms with Crippen molar-refractivity contribution >= 4 is 27.0 Å². The molecule has 0 aromatic rings. The van der Waals surface area contributed by atoms with E-state index in [0.717, 1.165) is 12.8 Å². The summed E-state index contributed by atoms with van der Waals surface area (Å²) in [6, 6.07) is 0. The Hall–Kier alpha value is -0.160. The highest BCUT2D eigenvalue weighted by Gasteiger charge is 2.09. The van der Waals surface area contributed by atoms with Gasteiger partial charge in [-0.3, -0.25) is 0 Å². The fraction of sp³-hybridized carbons (Fsp3) is 0.857. The van der Waals surface area contributed by atoms with Gasteiger partial charge in [0.15, 0.2) is 9.84 Å². The van der Waals surface area contributed by atoms with Crippen molar-refractivity contribution in [3.63, 3.8) is 0 Å². The van der Waals surface area contributed by atoms with E-state index < -0.39 is 9.84 Å². The second-order valence-corrected chi connectivity index (χ2v) is 5.55. The Morgan fingerprint density at radius 2 is 2.00 bits per heavy atom. The van der Waals surface area contributed by atoms with E-state index in [1.165, 1.54) is 0 Å². The molecule has 0 unspecified atom stereocenters. The van der Waals surface area contributed by atoms with Gasteiger partial charge in [0.1, 0.15) is 0 Å². The number of nitrogens with two attached hydrogens (primary N) is 1. The summed E-state index contributed by atoms with van der Waals surface area (Å²) in [5, 5.41) is 0. The fourth-order valence-corrected chi connectivity index (χ4v) is 2.42. The molecule has 0 heterocycles.